The van der Waals surface area contributed by atoms with Crippen LogP contribution in [0.5, 0.6) is 0 Å². The van der Waals surface area contributed by atoms with Gasteiger partial charge in [0.15, 0.2) is 10.1 Å². The van der Waals surface area contributed by atoms with Crippen molar-refractivity contribution in [2.45, 2.75) is 36.9 Å². The number of ketones is 1. The quantitative estimate of drug-likeness (QED) is 0.424. The number of benzene rings is 1. The van der Waals surface area contributed by atoms with Gasteiger partial charge in [-0.3, -0.25) is 14.5 Å². The summed E-state index contributed by atoms with van der Waals surface area (Å²) in [6.07, 6.45) is 0.833. The number of nitrogens with two attached hydrogens (primary N) is 1. The van der Waals surface area contributed by atoms with Gasteiger partial charge in [-0.1, -0.05) is 49.1 Å². The highest BCUT2D eigenvalue weighted by Gasteiger charge is 2.45. The minimum Gasteiger partial charge on any atom is -0.468 e. The van der Waals surface area contributed by atoms with Crippen molar-refractivity contribution in [1.82, 2.24) is 10.2 Å². The Kier molecular flexibility index (Phi) is 7.38. The lowest BCUT2D eigenvalue weighted by molar-refractivity contribution is -0.137. The molecular weight excluding hydrogens is 514 g/mol. The van der Waals surface area contributed by atoms with Gasteiger partial charge >= 0.3 is 11.9 Å². The molecule has 2 N–H and O–H groups in total. The van der Waals surface area contributed by atoms with Crippen molar-refractivity contribution in [3.05, 3.63) is 58.1 Å². The van der Waals surface area contributed by atoms with Crippen LogP contribution >= 0.6 is 23.1 Å². The first kappa shape index (κ1) is 26.4. The topological polar surface area (TPSA) is 148 Å². The Hall–Kier alpha value is -3.69. The molecule has 0 saturated carbocycles. The summed E-state index contributed by atoms with van der Waals surface area (Å²) in [5, 5.41) is 19.0. The van der Waals surface area contributed by atoms with Gasteiger partial charge in [-0.05, 0) is 29.5 Å². The van der Waals surface area contributed by atoms with E-state index in [1.54, 1.807) is 29.2 Å². The van der Waals surface area contributed by atoms with Gasteiger partial charge < -0.3 is 15.2 Å². The summed E-state index contributed by atoms with van der Waals surface area (Å²) in [4.78, 5) is 38.7. The highest BCUT2D eigenvalue weighted by molar-refractivity contribution is 8.01. The van der Waals surface area contributed by atoms with Gasteiger partial charge in [0.1, 0.15) is 5.82 Å². The molecule has 1 atom stereocenters. The van der Waals surface area contributed by atoms with E-state index in [2.05, 4.69) is 21.0 Å². The van der Waals surface area contributed by atoms with Gasteiger partial charge in [-0.25, -0.2) is 4.79 Å². The molecule has 4 rings (SSSR count). The third-order valence-electron chi connectivity index (χ3n) is 6.17. The van der Waals surface area contributed by atoms with Crippen LogP contribution in [0.2, 0.25) is 0 Å². The molecule has 0 saturated heterocycles. The summed E-state index contributed by atoms with van der Waals surface area (Å²) in [5.74, 6) is -1.41. The number of carbonyl (C=O) groups excluding carboxylic acids is 3. The lowest BCUT2D eigenvalue weighted by atomic mass is 9.68. The van der Waals surface area contributed by atoms with Gasteiger partial charge in [0.25, 0.3) is 0 Å². The number of allylic oxidation sites excluding steroid dienone is 3. The molecule has 1 aliphatic heterocycles. The van der Waals surface area contributed by atoms with Crippen LogP contribution in [0, 0.1) is 16.7 Å². The normalized spacial score (nSPS) is 18.8. The van der Waals surface area contributed by atoms with E-state index < -0.39 is 17.9 Å². The fraction of sp³-hybridized carbons (Fsp3) is 0.360. The Bertz CT molecular complexity index is 1370. The van der Waals surface area contributed by atoms with E-state index in [0.29, 0.717) is 44.7 Å². The zero-order valence-electron chi connectivity index (χ0n) is 20.7. The van der Waals surface area contributed by atoms with E-state index in [1.807, 2.05) is 13.8 Å². The summed E-state index contributed by atoms with van der Waals surface area (Å²) in [6, 6.07) is 8.83. The highest BCUT2D eigenvalue weighted by Crippen LogP contribution is 2.50. The summed E-state index contributed by atoms with van der Waals surface area (Å²) < 4.78 is 9.98. The lowest BCUT2D eigenvalue weighted by Gasteiger charge is -2.42. The van der Waals surface area contributed by atoms with Crippen LogP contribution in [-0.4, -0.2) is 47.9 Å². The molecular formula is C25H25N5O5S2. The molecule has 192 valence electrons. The smallest absolute Gasteiger partial charge is 0.337 e. The molecule has 37 heavy (non-hydrogen) atoms. The van der Waals surface area contributed by atoms with Crippen molar-refractivity contribution in [3.63, 3.8) is 0 Å². The molecule has 10 nitrogen and oxygen atoms in total. The molecule has 2 aliphatic rings. The van der Waals surface area contributed by atoms with Gasteiger partial charge in [-0.2, -0.15) is 5.26 Å². The maximum atomic E-state index is 13.6. The van der Waals surface area contributed by atoms with Crippen LogP contribution in [-0.2, 0) is 19.1 Å². The SMILES string of the molecule is COC(=O)CSc1nnc(N2C(N)=C(C#N)C(c3ccc(C(=O)OC)cc3)C3=C2CC(C)(C)CC3=O)s1. The van der Waals surface area contributed by atoms with Gasteiger partial charge in [0, 0.05) is 17.7 Å². The van der Waals surface area contributed by atoms with Crippen LogP contribution in [0.3, 0.4) is 0 Å². The fourth-order valence-corrected chi connectivity index (χ4v) is 6.23. The van der Waals surface area contributed by atoms with E-state index in [4.69, 9.17) is 10.5 Å². The van der Waals surface area contributed by atoms with Crippen LogP contribution in [0.15, 0.2) is 51.3 Å². The van der Waals surface area contributed by atoms with Crippen LogP contribution in [0.4, 0.5) is 5.13 Å². The summed E-state index contributed by atoms with van der Waals surface area (Å²) in [6.45, 7) is 4.01. The molecule has 1 unspecified atom stereocenters. The maximum Gasteiger partial charge on any atom is 0.337 e. The first-order valence-electron chi connectivity index (χ1n) is 11.3. The van der Waals surface area contributed by atoms with E-state index >= 15 is 0 Å². The zero-order chi connectivity index (χ0) is 26.9. The van der Waals surface area contributed by atoms with Gasteiger partial charge in [0.2, 0.25) is 5.13 Å². The second-order valence-corrected chi connectivity index (χ2v) is 11.5. The summed E-state index contributed by atoms with van der Waals surface area (Å²) in [5.41, 5.74) is 8.64. The average Bonchev–Trinajstić information content (AvgIpc) is 3.33. The molecule has 2 aromatic rings. The summed E-state index contributed by atoms with van der Waals surface area (Å²) >= 11 is 2.39. The molecule has 1 aromatic carbocycles. The molecule has 0 radical (unpaired) electrons. The van der Waals surface area contributed by atoms with Gasteiger partial charge in [-0.15, -0.1) is 10.2 Å². The Balaban J connectivity index is 1.83. The number of methoxy groups -OCH3 is 2. The Labute approximate surface area is 222 Å². The Morgan fingerprint density at radius 3 is 2.54 bits per heavy atom. The predicted molar refractivity (Wildman–Crippen MR) is 138 cm³/mol. The third-order valence-corrected chi connectivity index (χ3v) is 8.19. The minimum absolute atomic E-state index is 0.0724. The van der Waals surface area contributed by atoms with Crippen molar-refractivity contribution in [2.75, 3.05) is 24.9 Å². The molecule has 2 heterocycles. The molecule has 0 spiro atoms. The maximum absolute atomic E-state index is 13.6. The van der Waals surface area contributed by atoms with E-state index in [9.17, 15) is 19.6 Å². The Morgan fingerprint density at radius 2 is 1.92 bits per heavy atom. The number of nitrogens with zero attached hydrogens (tertiary/aromatic N) is 4. The van der Waals surface area contributed by atoms with E-state index in [1.165, 1.54) is 37.3 Å². The van der Waals surface area contributed by atoms with Crippen molar-refractivity contribution < 1.29 is 23.9 Å². The molecule has 0 amide bonds. The number of nitriles is 1. The van der Waals surface area contributed by atoms with Crippen molar-refractivity contribution >= 4 is 46.0 Å². The van der Waals surface area contributed by atoms with Crippen LogP contribution in [0.25, 0.3) is 0 Å². The van der Waals surface area contributed by atoms with Crippen molar-refractivity contribution in [1.29, 1.82) is 5.26 Å². The number of Topliss-reactive ketones (excluding diaryl/α,β-unsaturated/α-hetero) is 1. The molecule has 1 aromatic heterocycles. The van der Waals surface area contributed by atoms with Crippen LogP contribution in [0.1, 0.15) is 48.5 Å². The number of anilines is 1. The number of hydrogen-bond donors (Lipinski definition) is 1. The van der Waals surface area contributed by atoms with Gasteiger partial charge in [0.05, 0.1) is 43.1 Å². The standard InChI is InChI=1S/C25H25N5O5S2/c1-25(2)9-16-20(17(31)10-25)19(13-5-7-14(8-6-13)22(33)35-4)15(11-26)21(27)30(16)23-28-29-24(37-23)36-12-18(32)34-3/h5-8,19H,9-10,12,27H2,1-4H3. The first-order valence-corrected chi connectivity index (χ1v) is 13.1. The summed E-state index contributed by atoms with van der Waals surface area (Å²) in [7, 11) is 2.61. The van der Waals surface area contributed by atoms with Crippen molar-refractivity contribution in [2.24, 2.45) is 11.1 Å². The number of esters is 2. The number of aromatic nitrogens is 2. The second-order valence-electron chi connectivity index (χ2n) is 9.31. The highest BCUT2D eigenvalue weighted by atomic mass is 32.2. The predicted octanol–water partition coefficient (Wildman–Crippen LogP) is 3.53. The number of ether oxygens (including phenoxy) is 2. The Morgan fingerprint density at radius 1 is 1.22 bits per heavy atom. The minimum atomic E-state index is -0.687. The third kappa shape index (κ3) is 5.10. The van der Waals surface area contributed by atoms with E-state index in [0.717, 1.165) is 0 Å². The largest absolute Gasteiger partial charge is 0.468 e. The molecule has 0 bridgehead atoms. The fourth-order valence-electron chi connectivity index (χ4n) is 4.52. The molecule has 0 fully saturated rings. The average molecular weight is 540 g/mol. The van der Waals surface area contributed by atoms with Crippen molar-refractivity contribution in [3.8, 4) is 6.07 Å². The number of thioether (sulfide) groups is 1. The molecule has 1 aliphatic carbocycles. The number of hydrogen-bond acceptors (Lipinski definition) is 12. The molecule has 12 heteroatoms. The zero-order valence-corrected chi connectivity index (χ0v) is 22.4. The van der Waals surface area contributed by atoms with E-state index in [-0.39, 0.29) is 28.3 Å². The lowest BCUT2D eigenvalue weighted by Crippen LogP contribution is -2.42. The van der Waals surface area contributed by atoms with Crippen LogP contribution < -0.4 is 10.6 Å². The number of carbonyl (C=O) groups is 3. The second kappa shape index (κ2) is 10.4. The number of rotatable bonds is 6. The monoisotopic (exact) mass is 539 g/mol. The first-order chi connectivity index (χ1) is 17.6.